The van der Waals surface area contributed by atoms with Crippen molar-refractivity contribution in [2.75, 3.05) is 6.54 Å². The van der Waals surface area contributed by atoms with Gasteiger partial charge in [0.2, 0.25) is 0 Å². The van der Waals surface area contributed by atoms with Gasteiger partial charge in [0.1, 0.15) is 0 Å². The summed E-state index contributed by atoms with van der Waals surface area (Å²) in [7, 11) is 0. The van der Waals surface area contributed by atoms with E-state index in [1.165, 1.54) is 77.7 Å². The van der Waals surface area contributed by atoms with Crippen LogP contribution < -0.4 is 0 Å². The van der Waals surface area contributed by atoms with Crippen LogP contribution in [-0.4, -0.2) is 24.1 Å². The van der Waals surface area contributed by atoms with Gasteiger partial charge >= 0.3 is 0 Å². The zero-order valence-electron chi connectivity index (χ0n) is 26.4. The van der Waals surface area contributed by atoms with E-state index in [0.29, 0.717) is 12.4 Å². The van der Waals surface area contributed by atoms with Crippen LogP contribution in [0, 0.1) is 0 Å². The first-order valence-electron chi connectivity index (χ1n) is 16.4. The number of allylic oxidation sites excluding steroid dienone is 3. The van der Waals surface area contributed by atoms with Gasteiger partial charge in [0.25, 0.3) is 0 Å². The molecule has 0 radical (unpaired) electrons. The predicted octanol–water partition coefficient (Wildman–Crippen LogP) is 10.2. The Morgan fingerprint density at radius 1 is 0.708 bits per heavy atom. The van der Waals surface area contributed by atoms with Crippen LogP contribution in [0.25, 0.3) is 49.9 Å². The molecule has 0 N–H and O–H groups in total. The molecule has 9 rings (SSSR count). The molecule has 5 aromatic carbocycles. The highest BCUT2D eigenvalue weighted by Gasteiger charge is 2.27. The van der Waals surface area contributed by atoms with E-state index in [2.05, 4.69) is 144 Å². The lowest BCUT2D eigenvalue weighted by Gasteiger charge is -2.12. The number of aromatic nitrogens is 1. The fourth-order valence-corrected chi connectivity index (χ4v) is 7.63. The molecule has 0 amide bonds. The van der Waals surface area contributed by atoms with E-state index >= 15 is 0 Å². The quantitative estimate of drug-likeness (QED) is 0.108. The van der Waals surface area contributed by atoms with E-state index in [0.717, 1.165) is 23.9 Å². The van der Waals surface area contributed by atoms with Crippen molar-refractivity contribution in [1.82, 2.24) is 4.98 Å². The second kappa shape index (κ2) is 11.6. The van der Waals surface area contributed by atoms with E-state index in [-0.39, 0.29) is 0 Å². The van der Waals surface area contributed by atoms with Crippen LogP contribution in [0.3, 0.4) is 0 Å². The molecule has 3 aliphatic rings. The molecule has 226 valence electrons. The maximum atomic E-state index is 5.11. The summed E-state index contributed by atoms with van der Waals surface area (Å²) >= 11 is 0. The van der Waals surface area contributed by atoms with Crippen LogP contribution in [0.15, 0.2) is 167 Å². The maximum absolute atomic E-state index is 5.11. The lowest BCUT2D eigenvalue weighted by Crippen LogP contribution is -2.03. The Morgan fingerprint density at radius 3 is 2.35 bits per heavy atom. The number of amidine groups is 1. The summed E-state index contributed by atoms with van der Waals surface area (Å²) in [6.45, 7) is 4.51. The monoisotopic (exact) mass is 613 g/mol. The summed E-state index contributed by atoms with van der Waals surface area (Å²) in [4.78, 5) is 14.2. The van der Waals surface area contributed by atoms with Crippen LogP contribution in [0.1, 0.15) is 27.8 Å². The summed E-state index contributed by atoms with van der Waals surface area (Å²) in [6.07, 6.45) is 9.86. The molecular formula is C45H31N3. The Morgan fingerprint density at radius 2 is 1.46 bits per heavy atom. The van der Waals surface area contributed by atoms with E-state index in [4.69, 9.17) is 4.99 Å². The van der Waals surface area contributed by atoms with Crippen molar-refractivity contribution < 1.29 is 0 Å². The maximum Gasteiger partial charge on any atom is 0.154 e. The fourth-order valence-electron chi connectivity index (χ4n) is 7.63. The van der Waals surface area contributed by atoms with Gasteiger partial charge in [-0.05, 0) is 105 Å². The smallest absolute Gasteiger partial charge is 0.154 e. The number of hydrogen-bond donors (Lipinski definition) is 0. The van der Waals surface area contributed by atoms with Crippen molar-refractivity contribution >= 4 is 29.0 Å². The van der Waals surface area contributed by atoms with Crippen molar-refractivity contribution in [2.24, 2.45) is 9.98 Å². The van der Waals surface area contributed by atoms with Crippen molar-refractivity contribution in [3.8, 4) is 33.4 Å². The Balaban J connectivity index is 1.06. The van der Waals surface area contributed by atoms with E-state index in [1.54, 1.807) is 0 Å². The second-order valence-electron chi connectivity index (χ2n) is 12.5. The third kappa shape index (κ3) is 4.64. The number of hydrogen-bond acceptors (Lipinski definition) is 2. The second-order valence-corrected chi connectivity index (χ2v) is 12.5. The minimum atomic E-state index is 0.531. The van der Waals surface area contributed by atoms with Crippen molar-refractivity contribution in [1.29, 1.82) is 0 Å². The van der Waals surface area contributed by atoms with Gasteiger partial charge in [-0.15, -0.1) is 5.73 Å². The molecule has 0 aliphatic heterocycles. The van der Waals surface area contributed by atoms with E-state index < -0.39 is 0 Å². The number of nitrogens with zero attached hydrogens (tertiary/aromatic N) is 3. The molecule has 0 unspecified atom stereocenters. The Bertz CT molecular complexity index is 2460. The zero-order valence-corrected chi connectivity index (χ0v) is 26.4. The molecule has 0 fully saturated rings. The average molecular weight is 614 g/mol. The Kier molecular flexibility index (Phi) is 6.78. The molecule has 6 aromatic rings. The highest BCUT2D eigenvalue weighted by molar-refractivity contribution is 6.09. The molecule has 3 nitrogen and oxygen atoms in total. The SMILES string of the molecule is C=NC(=NCC1=C2Cc3ccccc3C2=C=CC=C1)c1cccc2c1-c1cccc(-c3ccc(-c4cccc5ncccc45)cc3)c1C2. The van der Waals surface area contributed by atoms with Crippen molar-refractivity contribution in [2.45, 2.75) is 12.8 Å². The minimum absolute atomic E-state index is 0.531. The van der Waals surface area contributed by atoms with Crippen molar-refractivity contribution in [3.63, 3.8) is 0 Å². The predicted molar refractivity (Wildman–Crippen MR) is 200 cm³/mol. The number of aliphatic imine (C=N–C) groups is 2. The summed E-state index contributed by atoms with van der Waals surface area (Å²) in [5.41, 5.74) is 21.8. The number of pyridine rings is 1. The van der Waals surface area contributed by atoms with Crippen LogP contribution >= 0.6 is 0 Å². The minimum Gasteiger partial charge on any atom is -0.261 e. The zero-order chi connectivity index (χ0) is 32.0. The molecule has 3 aliphatic carbocycles. The largest absolute Gasteiger partial charge is 0.261 e. The van der Waals surface area contributed by atoms with E-state index in [9.17, 15) is 0 Å². The van der Waals surface area contributed by atoms with Gasteiger partial charge in [0, 0.05) is 22.7 Å². The van der Waals surface area contributed by atoms with Gasteiger partial charge in [-0.2, -0.15) is 0 Å². The Labute approximate surface area is 280 Å². The molecule has 0 spiro atoms. The Hall–Kier alpha value is -6.15. The topological polar surface area (TPSA) is 37.6 Å². The highest BCUT2D eigenvalue weighted by atomic mass is 14.9. The summed E-state index contributed by atoms with van der Waals surface area (Å²) in [5.74, 6) is 0.679. The number of benzene rings is 5. The molecule has 0 saturated carbocycles. The van der Waals surface area contributed by atoms with Crippen molar-refractivity contribution in [3.05, 3.63) is 184 Å². The molecule has 0 saturated heterocycles. The van der Waals surface area contributed by atoms with Crippen LogP contribution in [0.5, 0.6) is 0 Å². The summed E-state index contributed by atoms with van der Waals surface area (Å²) in [5, 5.41) is 1.17. The first kappa shape index (κ1) is 28.1. The third-order valence-electron chi connectivity index (χ3n) is 9.87. The van der Waals surface area contributed by atoms with Gasteiger partial charge in [0.05, 0.1) is 12.1 Å². The van der Waals surface area contributed by atoms with Gasteiger partial charge in [-0.1, -0.05) is 115 Å². The molecule has 0 atom stereocenters. The van der Waals surface area contributed by atoms with Gasteiger partial charge in [0.15, 0.2) is 5.84 Å². The molecule has 0 bridgehead atoms. The first-order valence-corrected chi connectivity index (χ1v) is 16.4. The summed E-state index contributed by atoms with van der Waals surface area (Å²) < 4.78 is 0. The molecule has 1 aromatic heterocycles. The highest BCUT2D eigenvalue weighted by Crippen LogP contribution is 2.44. The normalized spacial score (nSPS) is 14.3. The van der Waals surface area contributed by atoms with Gasteiger partial charge in [-0.3, -0.25) is 9.98 Å². The molecule has 3 heteroatoms. The fraction of sp³-hybridized carbons (Fsp3) is 0.0667. The van der Waals surface area contributed by atoms with Crippen LogP contribution in [0.2, 0.25) is 0 Å². The van der Waals surface area contributed by atoms with Crippen LogP contribution in [-0.2, 0) is 12.8 Å². The molecule has 48 heavy (non-hydrogen) atoms. The summed E-state index contributed by atoms with van der Waals surface area (Å²) in [6, 6.07) is 41.2. The molecule has 1 heterocycles. The number of fused-ring (bicyclic) bond motifs is 7. The first-order chi connectivity index (χ1) is 23.8. The lowest BCUT2D eigenvalue weighted by atomic mass is 9.93. The number of rotatable bonds is 5. The third-order valence-corrected chi connectivity index (χ3v) is 9.87. The van der Waals surface area contributed by atoms with Gasteiger partial charge < -0.3 is 0 Å². The van der Waals surface area contributed by atoms with Crippen LogP contribution in [0.4, 0.5) is 0 Å². The lowest BCUT2D eigenvalue weighted by molar-refractivity contribution is 1.12. The standard InChI is InChI=1S/C45H31N3/c1-46-45(48-28-33-11-3-5-14-37-36-13-4-2-10-31(36)26-41(33)37)40-18-6-12-32-27-42-35(15-7-17-39(42)44(32)40)30-23-21-29(22-24-30)34-16-8-20-43-38(34)19-9-25-47-43/h2-13,15-25H,1,26-28H2. The van der Waals surface area contributed by atoms with Gasteiger partial charge in [-0.25, -0.2) is 4.99 Å². The molecular weight excluding hydrogens is 583 g/mol. The van der Waals surface area contributed by atoms with E-state index in [1.807, 2.05) is 18.3 Å². The average Bonchev–Trinajstić information content (AvgIpc) is 3.65.